The van der Waals surface area contributed by atoms with Crippen molar-refractivity contribution >= 4 is 34.3 Å². The van der Waals surface area contributed by atoms with Crippen molar-refractivity contribution in [3.63, 3.8) is 0 Å². The monoisotopic (exact) mass is 447 g/mol. The number of carbonyl (C=O) groups is 1. The number of amides is 1. The maximum Gasteiger partial charge on any atom is 0.259 e. The summed E-state index contributed by atoms with van der Waals surface area (Å²) < 4.78 is 16.7. The summed E-state index contributed by atoms with van der Waals surface area (Å²) in [5.41, 5.74) is 3.50. The third kappa shape index (κ3) is 3.35. The molecule has 1 amide bonds. The fraction of sp³-hybridized carbons (Fsp3) is 0.208. The van der Waals surface area contributed by atoms with Gasteiger partial charge in [-0.1, -0.05) is 47.1 Å². The number of carbonyl (C=O) groups excluding carboxylic acids is 1. The third-order valence-electron chi connectivity index (χ3n) is 5.63. The lowest BCUT2D eigenvalue weighted by molar-refractivity contribution is 0.102. The minimum Gasteiger partial charge on any atom is -0.486 e. The van der Waals surface area contributed by atoms with Gasteiger partial charge in [0.1, 0.15) is 18.9 Å². The van der Waals surface area contributed by atoms with E-state index in [0.29, 0.717) is 63.7 Å². The van der Waals surface area contributed by atoms with Gasteiger partial charge in [-0.15, -0.1) is 0 Å². The first-order valence-corrected chi connectivity index (χ1v) is 10.8. The average molecular weight is 448 g/mol. The molecule has 1 saturated carbocycles. The van der Waals surface area contributed by atoms with E-state index < -0.39 is 0 Å². The van der Waals surface area contributed by atoms with Crippen LogP contribution in [0.15, 0.2) is 53.1 Å². The summed E-state index contributed by atoms with van der Waals surface area (Å²) in [6, 6.07) is 14.8. The van der Waals surface area contributed by atoms with E-state index in [-0.39, 0.29) is 5.91 Å². The molecule has 160 valence electrons. The first-order valence-electron chi connectivity index (χ1n) is 10.4. The summed E-state index contributed by atoms with van der Waals surface area (Å²) in [7, 11) is 0. The highest BCUT2D eigenvalue weighted by Gasteiger charge is 2.29. The summed E-state index contributed by atoms with van der Waals surface area (Å²) in [6.07, 6.45) is 2.10. The summed E-state index contributed by atoms with van der Waals surface area (Å²) >= 11 is 6.42. The second-order valence-electron chi connectivity index (χ2n) is 7.88. The number of benzene rings is 2. The highest BCUT2D eigenvalue weighted by Crippen LogP contribution is 2.42. The Morgan fingerprint density at radius 3 is 2.53 bits per heavy atom. The lowest BCUT2D eigenvalue weighted by Gasteiger charge is -2.20. The number of anilines is 1. The van der Waals surface area contributed by atoms with Gasteiger partial charge >= 0.3 is 0 Å². The maximum absolute atomic E-state index is 13.5. The molecule has 1 fully saturated rings. The molecule has 0 atom stereocenters. The van der Waals surface area contributed by atoms with Gasteiger partial charge in [0.15, 0.2) is 11.5 Å². The van der Waals surface area contributed by atoms with Crippen molar-refractivity contribution in [3.05, 3.63) is 64.8 Å². The summed E-state index contributed by atoms with van der Waals surface area (Å²) in [5.74, 6) is 1.13. The van der Waals surface area contributed by atoms with Gasteiger partial charge in [0.05, 0.1) is 21.7 Å². The van der Waals surface area contributed by atoms with E-state index in [1.807, 2.05) is 36.4 Å². The Morgan fingerprint density at radius 1 is 1.03 bits per heavy atom. The zero-order valence-electron chi connectivity index (χ0n) is 16.9. The van der Waals surface area contributed by atoms with Gasteiger partial charge in [0, 0.05) is 29.3 Å². The zero-order chi connectivity index (χ0) is 21.7. The number of rotatable bonds is 4. The second kappa shape index (κ2) is 7.53. The Morgan fingerprint density at radius 2 is 1.78 bits per heavy atom. The molecule has 0 radical (unpaired) electrons. The van der Waals surface area contributed by atoms with Crippen LogP contribution < -0.4 is 14.8 Å². The molecule has 1 N–H and O–H groups in total. The average Bonchev–Trinajstić information content (AvgIpc) is 3.58. The van der Waals surface area contributed by atoms with Crippen LogP contribution in [-0.4, -0.2) is 29.3 Å². The van der Waals surface area contributed by atoms with Crippen LogP contribution in [0.1, 0.15) is 34.8 Å². The third-order valence-corrected chi connectivity index (χ3v) is 5.95. The quantitative estimate of drug-likeness (QED) is 0.448. The Labute approximate surface area is 188 Å². The van der Waals surface area contributed by atoms with Crippen LogP contribution in [-0.2, 0) is 0 Å². The van der Waals surface area contributed by atoms with Gasteiger partial charge in [-0.3, -0.25) is 4.79 Å². The van der Waals surface area contributed by atoms with Crippen molar-refractivity contribution in [3.8, 4) is 22.8 Å². The Balaban J connectivity index is 1.45. The van der Waals surface area contributed by atoms with E-state index in [0.717, 1.165) is 24.1 Å². The SMILES string of the molecule is O=C(Nc1cc2c(cc1Cl)OCCO2)c1cc(C2CC2)nc2onc(-c3ccccc3)c12. The molecule has 32 heavy (non-hydrogen) atoms. The molecule has 2 aliphatic rings. The van der Waals surface area contributed by atoms with E-state index in [9.17, 15) is 4.79 Å². The number of hydrogen-bond donors (Lipinski definition) is 1. The molecule has 4 aromatic rings. The Kier molecular flexibility index (Phi) is 4.50. The summed E-state index contributed by atoms with van der Waals surface area (Å²) in [5, 5.41) is 8.09. The Bertz CT molecular complexity index is 1350. The second-order valence-corrected chi connectivity index (χ2v) is 8.28. The van der Waals surface area contributed by atoms with Crippen molar-refractivity contribution < 1.29 is 18.8 Å². The van der Waals surface area contributed by atoms with Crippen LogP contribution in [0.2, 0.25) is 5.02 Å². The van der Waals surface area contributed by atoms with Crippen molar-refractivity contribution in [1.29, 1.82) is 0 Å². The number of fused-ring (bicyclic) bond motifs is 2. The summed E-state index contributed by atoms with van der Waals surface area (Å²) in [6.45, 7) is 0.905. The summed E-state index contributed by atoms with van der Waals surface area (Å²) in [4.78, 5) is 18.1. The van der Waals surface area contributed by atoms with Crippen molar-refractivity contribution in [2.24, 2.45) is 0 Å². The van der Waals surface area contributed by atoms with E-state index in [2.05, 4.69) is 15.5 Å². The molecule has 0 bridgehead atoms. The molecular weight excluding hydrogens is 430 g/mol. The van der Waals surface area contributed by atoms with Crippen LogP contribution in [0.5, 0.6) is 11.5 Å². The van der Waals surface area contributed by atoms with Crippen LogP contribution in [0, 0.1) is 0 Å². The number of nitrogens with zero attached hydrogens (tertiary/aromatic N) is 2. The van der Waals surface area contributed by atoms with E-state index >= 15 is 0 Å². The molecule has 6 rings (SSSR count). The van der Waals surface area contributed by atoms with E-state index in [1.165, 1.54) is 0 Å². The normalized spacial score (nSPS) is 15.0. The standard InChI is InChI=1S/C24H18ClN3O4/c25-16-11-19-20(31-9-8-30-19)12-18(16)26-23(29)15-10-17(13-6-7-13)27-24-21(15)22(28-32-24)14-4-2-1-3-5-14/h1-5,10-13H,6-9H2,(H,26,29). The lowest BCUT2D eigenvalue weighted by Crippen LogP contribution is -2.17. The van der Waals surface area contributed by atoms with Crippen LogP contribution in [0.4, 0.5) is 5.69 Å². The Hall–Kier alpha value is -3.58. The minimum atomic E-state index is -0.321. The van der Waals surface area contributed by atoms with Gasteiger partial charge in [0.25, 0.3) is 11.6 Å². The molecule has 7 nitrogen and oxygen atoms in total. The van der Waals surface area contributed by atoms with E-state index in [4.69, 9.17) is 25.6 Å². The predicted molar refractivity (Wildman–Crippen MR) is 120 cm³/mol. The lowest BCUT2D eigenvalue weighted by atomic mass is 10.0. The van der Waals surface area contributed by atoms with Crippen molar-refractivity contribution in [2.45, 2.75) is 18.8 Å². The number of aromatic nitrogens is 2. The van der Waals surface area contributed by atoms with Gasteiger partial charge in [-0.2, -0.15) is 0 Å². The molecule has 2 aromatic carbocycles. The molecular formula is C24H18ClN3O4. The van der Waals surface area contributed by atoms with Crippen LogP contribution in [0.25, 0.3) is 22.4 Å². The van der Waals surface area contributed by atoms with Crippen molar-refractivity contribution in [2.75, 3.05) is 18.5 Å². The molecule has 1 aliphatic heterocycles. The molecule has 0 unspecified atom stereocenters. The number of hydrogen-bond acceptors (Lipinski definition) is 6. The largest absolute Gasteiger partial charge is 0.486 e. The van der Waals surface area contributed by atoms with Crippen LogP contribution >= 0.6 is 11.6 Å². The smallest absolute Gasteiger partial charge is 0.259 e. The maximum atomic E-state index is 13.5. The van der Waals surface area contributed by atoms with Crippen molar-refractivity contribution in [1.82, 2.24) is 10.1 Å². The fourth-order valence-corrected chi connectivity index (χ4v) is 4.08. The number of pyridine rings is 1. The predicted octanol–water partition coefficient (Wildman–Crippen LogP) is 5.44. The first kappa shape index (κ1) is 19.1. The number of halogens is 1. The molecule has 2 aromatic heterocycles. The van der Waals surface area contributed by atoms with Gasteiger partial charge < -0.3 is 19.3 Å². The molecule has 0 spiro atoms. The molecule has 3 heterocycles. The molecule has 0 saturated heterocycles. The fourth-order valence-electron chi connectivity index (χ4n) is 3.88. The zero-order valence-corrected chi connectivity index (χ0v) is 17.7. The number of nitrogens with one attached hydrogen (secondary N) is 1. The highest BCUT2D eigenvalue weighted by molar-refractivity contribution is 6.34. The topological polar surface area (TPSA) is 86.5 Å². The first-order chi connectivity index (χ1) is 15.7. The van der Waals surface area contributed by atoms with Crippen LogP contribution in [0.3, 0.4) is 0 Å². The van der Waals surface area contributed by atoms with Gasteiger partial charge in [-0.25, -0.2) is 4.98 Å². The van der Waals surface area contributed by atoms with E-state index in [1.54, 1.807) is 12.1 Å². The molecule has 1 aliphatic carbocycles. The highest BCUT2D eigenvalue weighted by atomic mass is 35.5. The minimum absolute atomic E-state index is 0.321. The number of ether oxygens (including phenoxy) is 2. The van der Waals surface area contributed by atoms with Gasteiger partial charge in [-0.05, 0) is 18.9 Å². The molecule has 8 heteroatoms. The van der Waals surface area contributed by atoms with Gasteiger partial charge in [0.2, 0.25) is 0 Å².